The molecule has 0 saturated heterocycles. The van der Waals surface area contributed by atoms with Crippen molar-refractivity contribution in [1.82, 2.24) is 20.1 Å². The molecule has 130 valence electrons. The van der Waals surface area contributed by atoms with Crippen LogP contribution in [-0.2, 0) is 5.75 Å². The van der Waals surface area contributed by atoms with Crippen LogP contribution in [-0.4, -0.2) is 53.3 Å². The Morgan fingerprint density at radius 2 is 1.88 bits per heavy atom. The van der Waals surface area contributed by atoms with Crippen molar-refractivity contribution < 1.29 is 4.42 Å². The third-order valence-electron chi connectivity index (χ3n) is 4.53. The molecular formula is C17H25N5OS. The number of rotatable bonds is 8. The average Bonchev–Trinajstić information content (AvgIpc) is 3.30. The molecule has 3 rings (SSSR count). The van der Waals surface area contributed by atoms with Crippen molar-refractivity contribution in [3.8, 4) is 0 Å². The summed E-state index contributed by atoms with van der Waals surface area (Å²) in [4.78, 5) is 9.66. The normalized spacial score (nSPS) is 15.3. The highest BCUT2D eigenvalue weighted by molar-refractivity contribution is 7.98. The van der Waals surface area contributed by atoms with E-state index in [1.54, 1.807) is 24.2 Å². The Hall–Kier alpha value is -1.60. The Bertz CT molecular complexity index is 614. The van der Waals surface area contributed by atoms with Crippen LogP contribution in [0.5, 0.6) is 0 Å². The number of hydrogen-bond donors (Lipinski definition) is 0. The molecule has 0 aromatic carbocycles. The minimum atomic E-state index is 0.597. The van der Waals surface area contributed by atoms with Crippen molar-refractivity contribution in [3.63, 3.8) is 0 Å². The minimum absolute atomic E-state index is 0.597. The molecule has 0 radical (unpaired) electrons. The number of aromatic nitrogens is 3. The Morgan fingerprint density at radius 1 is 1.12 bits per heavy atom. The Labute approximate surface area is 147 Å². The average molecular weight is 347 g/mol. The maximum Gasteiger partial charge on any atom is 0.317 e. The fourth-order valence-corrected chi connectivity index (χ4v) is 3.69. The first-order valence-electron chi connectivity index (χ1n) is 8.49. The molecule has 1 aliphatic rings. The van der Waals surface area contributed by atoms with Crippen LogP contribution in [0.3, 0.4) is 0 Å². The molecule has 0 unspecified atom stereocenters. The third kappa shape index (κ3) is 4.70. The van der Waals surface area contributed by atoms with Gasteiger partial charge in [-0.05, 0) is 32.0 Å². The van der Waals surface area contributed by atoms with Gasteiger partial charge in [0.15, 0.2) is 0 Å². The van der Waals surface area contributed by atoms with E-state index in [4.69, 9.17) is 4.42 Å². The molecule has 2 aromatic heterocycles. The Balaban J connectivity index is 1.45. The second kappa shape index (κ2) is 8.48. The number of likely N-dealkylation sites (N-methyl/N-ethyl adjacent to an activating group) is 2. The van der Waals surface area contributed by atoms with Gasteiger partial charge in [0, 0.05) is 43.5 Å². The van der Waals surface area contributed by atoms with E-state index >= 15 is 0 Å². The second-order valence-corrected chi connectivity index (χ2v) is 7.34. The predicted molar refractivity (Wildman–Crippen MR) is 96.3 cm³/mol. The van der Waals surface area contributed by atoms with E-state index in [1.165, 1.54) is 25.7 Å². The Kier molecular flexibility index (Phi) is 6.09. The summed E-state index contributed by atoms with van der Waals surface area (Å²) in [5.74, 6) is 1.33. The van der Waals surface area contributed by atoms with Crippen molar-refractivity contribution in [2.24, 2.45) is 0 Å². The van der Waals surface area contributed by atoms with Gasteiger partial charge in [-0.1, -0.05) is 17.9 Å². The number of nitrogens with zero attached hydrogens (tertiary/aromatic N) is 5. The summed E-state index contributed by atoms with van der Waals surface area (Å²) in [5, 5.41) is 8.32. The zero-order chi connectivity index (χ0) is 16.8. The van der Waals surface area contributed by atoms with Gasteiger partial charge in [0.2, 0.25) is 5.89 Å². The van der Waals surface area contributed by atoms with Crippen molar-refractivity contribution in [2.75, 3.05) is 32.1 Å². The summed E-state index contributed by atoms with van der Waals surface area (Å²) in [6.07, 6.45) is 8.97. The van der Waals surface area contributed by atoms with E-state index in [1.807, 2.05) is 24.1 Å². The largest absolute Gasteiger partial charge is 0.407 e. The number of pyridine rings is 1. The van der Waals surface area contributed by atoms with E-state index in [0.717, 1.165) is 24.0 Å². The molecule has 1 fully saturated rings. The van der Waals surface area contributed by atoms with Crippen molar-refractivity contribution in [1.29, 1.82) is 0 Å². The van der Waals surface area contributed by atoms with E-state index in [2.05, 4.69) is 27.1 Å². The topological polar surface area (TPSA) is 58.3 Å². The number of hydrogen-bond acceptors (Lipinski definition) is 7. The molecule has 24 heavy (non-hydrogen) atoms. The summed E-state index contributed by atoms with van der Waals surface area (Å²) in [6.45, 7) is 1.91. The first-order chi connectivity index (χ1) is 11.7. The van der Waals surface area contributed by atoms with Gasteiger partial charge < -0.3 is 14.2 Å². The number of anilines is 1. The lowest BCUT2D eigenvalue weighted by Gasteiger charge is -2.26. The molecule has 0 N–H and O–H groups in total. The zero-order valence-electron chi connectivity index (χ0n) is 14.4. The quantitative estimate of drug-likeness (QED) is 0.680. The van der Waals surface area contributed by atoms with E-state index in [-0.39, 0.29) is 0 Å². The van der Waals surface area contributed by atoms with Gasteiger partial charge in [-0.25, -0.2) is 0 Å². The van der Waals surface area contributed by atoms with E-state index in [9.17, 15) is 0 Å². The minimum Gasteiger partial charge on any atom is -0.407 e. The summed E-state index contributed by atoms with van der Waals surface area (Å²) in [7, 11) is 4.23. The smallest absolute Gasteiger partial charge is 0.317 e. The van der Waals surface area contributed by atoms with E-state index in [0.29, 0.717) is 17.7 Å². The fraction of sp³-hybridized carbons (Fsp3) is 0.588. The van der Waals surface area contributed by atoms with Gasteiger partial charge in [0.05, 0.1) is 5.75 Å². The van der Waals surface area contributed by atoms with Crippen LogP contribution in [0.2, 0.25) is 0 Å². The molecule has 2 heterocycles. The van der Waals surface area contributed by atoms with E-state index < -0.39 is 0 Å². The van der Waals surface area contributed by atoms with Crippen molar-refractivity contribution in [2.45, 2.75) is 42.4 Å². The molecule has 0 spiro atoms. The Morgan fingerprint density at radius 3 is 2.62 bits per heavy atom. The summed E-state index contributed by atoms with van der Waals surface area (Å²) in [5.41, 5.74) is 0. The molecule has 0 amide bonds. The maximum atomic E-state index is 5.77. The van der Waals surface area contributed by atoms with Gasteiger partial charge in [-0.2, -0.15) is 0 Å². The SMILES string of the molecule is CN(CCN(C)C1CCCC1)c1nnc(CSc2ccncc2)o1. The van der Waals surface area contributed by atoms with Gasteiger partial charge >= 0.3 is 6.01 Å². The highest BCUT2D eigenvalue weighted by Gasteiger charge is 2.20. The van der Waals surface area contributed by atoms with Gasteiger partial charge in [0.25, 0.3) is 0 Å². The maximum absolute atomic E-state index is 5.77. The molecule has 6 nitrogen and oxygen atoms in total. The summed E-state index contributed by atoms with van der Waals surface area (Å²) in [6, 6.07) is 5.30. The number of thioether (sulfide) groups is 1. The predicted octanol–water partition coefficient (Wildman–Crippen LogP) is 3.07. The summed E-state index contributed by atoms with van der Waals surface area (Å²) >= 11 is 1.67. The van der Waals surface area contributed by atoms with Crippen LogP contribution in [0.15, 0.2) is 33.8 Å². The lowest BCUT2D eigenvalue weighted by Crippen LogP contribution is -2.36. The van der Waals surface area contributed by atoms with Crippen molar-refractivity contribution >= 4 is 17.8 Å². The first-order valence-corrected chi connectivity index (χ1v) is 9.47. The molecule has 0 atom stereocenters. The zero-order valence-corrected chi connectivity index (χ0v) is 15.2. The molecule has 0 bridgehead atoms. The van der Waals surface area contributed by atoms with Crippen LogP contribution in [0.25, 0.3) is 0 Å². The summed E-state index contributed by atoms with van der Waals surface area (Å²) < 4.78 is 5.77. The lowest BCUT2D eigenvalue weighted by molar-refractivity contribution is 0.250. The van der Waals surface area contributed by atoms with Gasteiger partial charge in [0.1, 0.15) is 0 Å². The fourth-order valence-electron chi connectivity index (χ4n) is 2.97. The van der Waals surface area contributed by atoms with Crippen LogP contribution < -0.4 is 4.90 Å². The molecule has 7 heteroatoms. The monoisotopic (exact) mass is 347 g/mol. The molecular weight excluding hydrogens is 322 g/mol. The van der Waals surface area contributed by atoms with Gasteiger partial charge in [-0.3, -0.25) is 4.98 Å². The molecule has 0 aliphatic heterocycles. The van der Waals surface area contributed by atoms with Crippen LogP contribution in [0.4, 0.5) is 6.01 Å². The standard InChI is InChI=1S/C17H25N5OS/c1-21(14-5-3-4-6-14)11-12-22(2)17-20-19-16(23-17)13-24-15-7-9-18-10-8-15/h7-10,14H,3-6,11-13H2,1-2H3. The second-order valence-electron chi connectivity index (χ2n) is 6.29. The highest BCUT2D eigenvalue weighted by atomic mass is 32.2. The van der Waals surface area contributed by atoms with Crippen molar-refractivity contribution in [3.05, 3.63) is 30.4 Å². The van der Waals surface area contributed by atoms with Crippen LogP contribution in [0.1, 0.15) is 31.6 Å². The lowest BCUT2D eigenvalue weighted by atomic mass is 10.2. The molecule has 1 aliphatic carbocycles. The molecule has 1 saturated carbocycles. The highest BCUT2D eigenvalue weighted by Crippen LogP contribution is 2.23. The van der Waals surface area contributed by atoms with Gasteiger partial charge in [-0.15, -0.1) is 16.9 Å². The third-order valence-corrected chi connectivity index (χ3v) is 5.53. The van der Waals surface area contributed by atoms with Crippen LogP contribution >= 0.6 is 11.8 Å². The first kappa shape index (κ1) is 17.2. The molecule has 2 aromatic rings. The van der Waals surface area contributed by atoms with Crippen LogP contribution in [0, 0.1) is 0 Å².